The third kappa shape index (κ3) is 2.06. The second-order valence-corrected chi connectivity index (χ2v) is 6.33. The summed E-state index contributed by atoms with van der Waals surface area (Å²) in [6.07, 6.45) is 1.82. The fourth-order valence-corrected chi connectivity index (χ4v) is 3.43. The topological polar surface area (TPSA) is 61.8 Å². The van der Waals surface area contributed by atoms with Gasteiger partial charge in [-0.05, 0) is 39.4 Å². The van der Waals surface area contributed by atoms with Gasteiger partial charge in [0.15, 0.2) is 5.76 Å². The van der Waals surface area contributed by atoms with Crippen LogP contribution in [-0.2, 0) is 0 Å². The van der Waals surface area contributed by atoms with E-state index < -0.39 is 0 Å². The average molecular weight is 380 g/mol. The standard InChI is InChI=1S/C14H10BrN3O3S/c1-19-11-5-10-7(3-8(11)15)4-12(21-10)9-6-18-13(16-9)22-14(17-18)20-2/h3-6H,1-2H3. The van der Waals surface area contributed by atoms with E-state index >= 15 is 0 Å². The van der Waals surface area contributed by atoms with Crippen LogP contribution in [0.4, 0.5) is 0 Å². The largest absolute Gasteiger partial charge is 0.495 e. The van der Waals surface area contributed by atoms with Crippen LogP contribution in [0.15, 0.2) is 33.3 Å². The Morgan fingerprint density at radius 1 is 1.23 bits per heavy atom. The molecule has 4 aromatic rings. The van der Waals surface area contributed by atoms with Crippen molar-refractivity contribution in [2.24, 2.45) is 0 Å². The molecule has 0 amide bonds. The molecular weight excluding hydrogens is 370 g/mol. The molecule has 1 aromatic carbocycles. The van der Waals surface area contributed by atoms with E-state index in [9.17, 15) is 0 Å². The van der Waals surface area contributed by atoms with Gasteiger partial charge in [0.05, 0.1) is 24.9 Å². The smallest absolute Gasteiger partial charge is 0.294 e. The first kappa shape index (κ1) is 13.6. The summed E-state index contributed by atoms with van der Waals surface area (Å²) < 4.78 is 18.8. The summed E-state index contributed by atoms with van der Waals surface area (Å²) in [5, 5.41) is 5.81. The highest BCUT2D eigenvalue weighted by atomic mass is 79.9. The quantitative estimate of drug-likeness (QED) is 0.538. The number of nitrogens with zero attached hydrogens (tertiary/aromatic N) is 3. The number of hydrogen-bond acceptors (Lipinski definition) is 6. The number of imidazole rings is 1. The predicted octanol–water partition coefficient (Wildman–Crippen LogP) is 3.98. The van der Waals surface area contributed by atoms with Gasteiger partial charge in [-0.25, -0.2) is 9.50 Å². The fraction of sp³-hybridized carbons (Fsp3) is 0.143. The first-order valence-electron chi connectivity index (χ1n) is 6.35. The summed E-state index contributed by atoms with van der Waals surface area (Å²) in [4.78, 5) is 5.27. The van der Waals surface area contributed by atoms with Gasteiger partial charge in [-0.15, -0.1) is 5.10 Å². The summed E-state index contributed by atoms with van der Waals surface area (Å²) in [5.41, 5.74) is 1.48. The number of benzene rings is 1. The zero-order chi connectivity index (χ0) is 15.3. The molecule has 0 atom stereocenters. The van der Waals surface area contributed by atoms with Crippen molar-refractivity contribution >= 4 is 43.2 Å². The summed E-state index contributed by atoms with van der Waals surface area (Å²) in [7, 11) is 3.21. The van der Waals surface area contributed by atoms with Crippen LogP contribution in [-0.4, -0.2) is 28.8 Å². The van der Waals surface area contributed by atoms with Crippen molar-refractivity contribution in [2.45, 2.75) is 0 Å². The molecule has 0 aliphatic rings. The lowest BCUT2D eigenvalue weighted by molar-refractivity contribution is 0.405. The van der Waals surface area contributed by atoms with Crippen LogP contribution in [0.3, 0.4) is 0 Å². The van der Waals surface area contributed by atoms with Crippen LogP contribution in [0.1, 0.15) is 0 Å². The third-order valence-electron chi connectivity index (χ3n) is 3.24. The normalized spacial score (nSPS) is 11.4. The lowest BCUT2D eigenvalue weighted by atomic mass is 10.2. The van der Waals surface area contributed by atoms with Gasteiger partial charge in [0.2, 0.25) is 4.96 Å². The second-order valence-electron chi connectivity index (χ2n) is 4.56. The number of hydrogen-bond donors (Lipinski definition) is 0. The number of ether oxygens (including phenoxy) is 2. The highest BCUT2D eigenvalue weighted by Gasteiger charge is 2.15. The number of methoxy groups -OCH3 is 2. The van der Waals surface area contributed by atoms with Gasteiger partial charge in [0.1, 0.15) is 17.0 Å². The summed E-state index contributed by atoms with van der Waals surface area (Å²) >= 11 is 4.85. The van der Waals surface area contributed by atoms with E-state index in [-0.39, 0.29) is 0 Å². The lowest BCUT2D eigenvalue weighted by Crippen LogP contribution is -1.84. The van der Waals surface area contributed by atoms with Crippen molar-refractivity contribution in [3.05, 3.63) is 28.9 Å². The monoisotopic (exact) mass is 379 g/mol. The van der Waals surface area contributed by atoms with Crippen LogP contribution in [0.25, 0.3) is 27.4 Å². The Kier molecular flexibility index (Phi) is 3.08. The molecule has 0 aliphatic heterocycles. The molecule has 0 N–H and O–H groups in total. The molecule has 0 bridgehead atoms. The minimum atomic E-state index is 0.576. The van der Waals surface area contributed by atoms with Gasteiger partial charge in [-0.3, -0.25) is 0 Å². The van der Waals surface area contributed by atoms with Crippen LogP contribution >= 0.6 is 27.3 Å². The highest BCUT2D eigenvalue weighted by Crippen LogP contribution is 2.35. The van der Waals surface area contributed by atoms with Gasteiger partial charge < -0.3 is 13.9 Å². The maximum absolute atomic E-state index is 5.88. The van der Waals surface area contributed by atoms with E-state index in [1.54, 1.807) is 18.7 Å². The fourth-order valence-electron chi connectivity index (χ4n) is 2.21. The Bertz CT molecular complexity index is 957. The molecule has 0 unspecified atom stereocenters. The van der Waals surface area contributed by atoms with Crippen molar-refractivity contribution in [2.75, 3.05) is 14.2 Å². The Morgan fingerprint density at radius 3 is 2.82 bits per heavy atom. The van der Waals surface area contributed by atoms with E-state index in [1.165, 1.54) is 11.3 Å². The van der Waals surface area contributed by atoms with E-state index in [1.807, 2.05) is 24.4 Å². The Morgan fingerprint density at radius 2 is 2.09 bits per heavy atom. The Hall–Kier alpha value is -2.06. The molecule has 0 spiro atoms. The van der Waals surface area contributed by atoms with Crippen molar-refractivity contribution in [3.63, 3.8) is 0 Å². The molecule has 22 heavy (non-hydrogen) atoms. The number of fused-ring (bicyclic) bond motifs is 2. The molecule has 0 saturated carbocycles. The number of rotatable bonds is 3. The lowest BCUT2D eigenvalue weighted by Gasteiger charge is -2.01. The third-order valence-corrected chi connectivity index (χ3v) is 4.75. The summed E-state index contributed by atoms with van der Waals surface area (Å²) in [5.74, 6) is 1.41. The van der Waals surface area contributed by atoms with Gasteiger partial charge in [0.25, 0.3) is 5.19 Å². The summed E-state index contributed by atoms with van der Waals surface area (Å²) in [6.45, 7) is 0. The van der Waals surface area contributed by atoms with Crippen LogP contribution < -0.4 is 9.47 Å². The minimum absolute atomic E-state index is 0.576. The van der Waals surface area contributed by atoms with Gasteiger partial charge in [-0.1, -0.05) is 0 Å². The zero-order valence-electron chi connectivity index (χ0n) is 11.7. The van der Waals surface area contributed by atoms with E-state index in [4.69, 9.17) is 13.9 Å². The maximum atomic E-state index is 5.88. The second kappa shape index (κ2) is 4.99. The molecule has 0 radical (unpaired) electrons. The van der Waals surface area contributed by atoms with Crippen molar-refractivity contribution in [1.82, 2.24) is 14.6 Å². The zero-order valence-corrected chi connectivity index (χ0v) is 14.1. The first-order valence-corrected chi connectivity index (χ1v) is 7.96. The van der Waals surface area contributed by atoms with E-state index in [0.29, 0.717) is 11.0 Å². The average Bonchev–Trinajstić information content (AvgIpc) is 3.17. The number of halogens is 1. The first-order chi connectivity index (χ1) is 10.7. The molecule has 112 valence electrons. The SMILES string of the molecule is COc1nn2cc(-c3cc4cc(Br)c(OC)cc4o3)nc2s1. The van der Waals surface area contributed by atoms with Crippen molar-refractivity contribution in [3.8, 4) is 22.4 Å². The maximum Gasteiger partial charge on any atom is 0.294 e. The Balaban J connectivity index is 1.82. The minimum Gasteiger partial charge on any atom is -0.495 e. The Labute approximate surface area is 137 Å². The molecule has 6 nitrogen and oxygen atoms in total. The van der Waals surface area contributed by atoms with Crippen LogP contribution in [0.5, 0.6) is 10.9 Å². The van der Waals surface area contributed by atoms with Gasteiger partial charge in [0, 0.05) is 11.5 Å². The molecule has 3 heterocycles. The molecule has 3 aromatic heterocycles. The van der Waals surface area contributed by atoms with Gasteiger partial charge >= 0.3 is 0 Å². The molecule has 4 rings (SSSR count). The van der Waals surface area contributed by atoms with E-state index in [2.05, 4.69) is 26.0 Å². The van der Waals surface area contributed by atoms with E-state index in [0.717, 1.165) is 31.8 Å². The van der Waals surface area contributed by atoms with Crippen LogP contribution in [0.2, 0.25) is 0 Å². The highest BCUT2D eigenvalue weighted by molar-refractivity contribution is 9.10. The van der Waals surface area contributed by atoms with Crippen LogP contribution in [0, 0.1) is 0 Å². The number of aromatic nitrogens is 3. The van der Waals surface area contributed by atoms with Crippen molar-refractivity contribution < 1.29 is 13.9 Å². The molecule has 8 heteroatoms. The summed E-state index contributed by atoms with van der Waals surface area (Å²) in [6, 6.07) is 5.76. The molecular formula is C14H10BrN3O3S. The molecule has 0 fully saturated rings. The van der Waals surface area contributed by atoms with Crippen molar-refractivity contribution in [1.29, 1.82) is 0 Å². The predicted molar refractivity (Wildman–Crippen MR) is 86.9 cm³/mol. The molecule has 0 aliphatic carbocycles. The molecule has 0 saturated heterocycles. The number of furan rings is 1. The van der Waals surface area contributed by atoms with Gasteiger partial charge in [-0.2, -0.15) is 0 Å².